The molecule has 21 heavy (non-hydrogen) atoms. The van der Waals surface area contributed by atoms with Crippen molar-refractivity contribution in [1.29, 1.82) is 0 Å². The predicted molar refractivity (Wildman–Crippen MR) is 85.5 cm³/mol. The van der Waals surface area contributed by atoms with E-state index in [1.165, 1.54) is 7.11 Å². The first-order valence-corrected chi connectivity index (χ1v) is 8.01. The SMILES string of the molecule is COC(=O)C1=C(C)N=C2SCCN2[C@H]1c1ccc(Cl)cc1. The molecule has 0 unspecified atom stereocenters. The zero-order chi connectivity index (χ0) is 15.0. The maximum atomic E-state index is 12.2. The molecular weight excluding hydrogens is 308 g/mol. The second kappa shape index (κ2) is 5.73. The van der Waals surface area contributed by atoms with Gasteiger partial charge < -0.3 is 9.64 Å². The molecule has 1 fully saturated rings. The van der Waals surface area contributed by atoms with Gasteiger partial charge in [0.25, 0.3) is 0 Å². The molecule has 2 aliphatic rings. The monoisotopic (exact) mass is 322 g/mol. The fourth-order valence-electron chi connectivity index (χ4n) is 2.67. The number of rotatable bonds is 2. The highest BCUT2D eigenvalue weighted by molar-refractivity contribution is 8.14. The molecule has 3 rings (SSSR count). The highest BCUT2D eigenvalue weighted by atomic mass is 35.5. The van der Waals surface area contributed by atoms with Crippen LogP contribution in [0.15, 0.2) is 40.5 Å². The number of allylic oxidation sites excluding steroid dienone is 1. The fraction of sp³-hybridized carbons (Fsp3) is 0.333. The molecule has 110 valence electrons. The van der Waals surface area contributed by atoms with Gasteiger partial charge in [0, 0.05) is 17.3 Å². The summed E-state index contributed by atoms with van der Waals surface area (Å²) >= 11 is 7.69. The Hall–Kier alpha value is -1.46. The number of hydrogen-bond acceptors (Lipinski definition) is 5. The van der Waals surface area contributed by atoms with E-state index in [9.17, 15) is 4.79 Å². The van der Waals surface area contributed by atoms with E-state index in [0.717, 1.165) is 28.7 Å². The Balaban J connectivity index is 2.11. The average molecular weight is 323 g/mol. The molecule has 1 aromatic carbocycles. The molecule has 0 aromatic heterocycles. The summed E-state index contributed by atoms with van der Waals surface area (Å²) in [6.45, 7) is 2.73. The maximum absolute atomic E-state index is 12.2. The number of carbonyl (C=O) groups excluding carboxylic acids is 1. The number of fused-ring (bicyclic) bond motifs is 1. The van der Waals surface area contributed by atoms with Crippen LogP contribution < -0.4 is 0 Å². The molecule has 0 radical (unpaired) electrons. The van der Waals surface area contributed by atoms with Crippen LogP contribution in [0.3, 0.4) is 0 Å². The lowest BCUT2D eigenvalue weighted by Crippen LogP contribution is -2.36. The third kappa shape index (κ3) is 2.56. The van der Waals surface area contributed by atoms with Crippen molar-refractivity contribution in [2.75, 3.05) is 19.4 Å². The fourth-order valence-corrected chi connectivity index (χ4v) is 3.83. The van der Waals surface area contributed by atoms with Crippen molar-refractivity contribution >= 4 is 34.5 Å². The highest BCUT2D eigenvalue weighted by Crippen LogP contribution is 2.40. The van der Waals surface area contributed by atoms with Crippen molar-refractivity contribution in [3.05, 3.63) is 46.1 Å². The highest BCUT2D eigenvalue weighted by Gasteiger charge is 2.38. The van der Waals surface area contributed by atoms with Crippen molar-refractivity contribution in [3.63, 3.8) is 0 Å². The molecule has 0 N–H and O–H groups in total. The molecule has 0 aliphatic carbocycles. The molecule has 0 saturated carbocycles. The summed E-state index contributed by atoms with van der Waals surface area (Å²) in [5.74, 6) is 0.650. The van der Waals surface area contributed by atoms with E-state index < -0.39 is 0 Å². The summed E-state index contributed by atoms with van der Waals surface area (Å²) in [5, 5.41) is 1.65. The van der Waals surface area contributed by atoms with Crippen LogP contribution in [0.5, 0.6) is 0 Å². The Morgan fingerprint density at radius 3 is 2.81 bits per heavy atom. The minimum absolute atomic E-state index is 0.155. The van der Waals surface area contributed by atoms with Crippen molar-refractivity contribution in [3.8, 4) is 0 Å². The minimum Gasteiger partial charge on any atom is -0.466 e. The molecule has 6 heteroatoms. The quantitative estimate of drug-likeness (QED) is 0.784. The molecular formula is C15H15ClN2O2S. The van der Waals surface area contributed by atoms with Gasteiger partial charge in [0.05, 0.1) is 24.4 Å². The van der Waals surface area contributed by atoms with Gasteiger partial charge in [-0.25, -0.2) is 9.79 Å². The molecule has 1 atom stereocenters. The predicted octanol–water partition coefficient (Wildman–Crippen LogP) is 3.25. The van der Waals surface area contributed by atoms with E-state index in [2.05, 4.69) is 9.89 Å². The van der Waals surface area contributed by atoms with Crippen LogP contribution in [0.1, 0.15) is 18.5 Å². The number of ether oxygens (including phenoxy) is 1. The molecule has 4 nitrogen and oxygen atoms in total. The van der Waals surface area contributed by atoms with E-state index in [-0.39, 0.29) is 12.0 Å². The first-order valence-electron chi connectivity index (χ1n) is 6.64. The Kier molecular flexibility index (Phi) is 3.95. The first kappa shape index (κ1) is 14.5. The molecule has 0 bridgehead atoms. The average Bonchev–Trinajstić information content (AvgIpc) is 2.94. The van der Waals surface area contributed by atoms with Gasteiger partial charge in [0.15, 0.2) is 5.17 Å². The Bertz CT molecular complexity index is 640. The zero-order valence-electron chi connectivity index (χ0n) is 11.8. The summed E-state index contributed by atoms with van der Waals surface area (Å²) in [6, 6.07) is 7.44. The number of carbonyl (C=O) groups is 1. The minimum atomic E-state index is -0.327. The number of methoxy groups -OCH3 is 1. The molecule has 0 amide bonds. The first-order chi connectivity index (χ1) is 10.1. The molecule has 0 spiro atoms. The molecule has 2 heterocycles. The van der Waals surface area contributed by atoms with Gasteiger partial charge in [-0.05, 0) is 24.6 Å². The number of esters is 1. The van der Waals surface area contributed by atoms with Crippen LogP contribution in [0.4, 0.5) is 0 Å². The number of benzene rings is 1. The van der Waals surface area contributed by atoms with Crippen LogP contribution >= 0.6 is 23.4 Å². The van der Waals surface area contributed by atoms with Crippen molar-refractivity contribution in [2.45, 2.75) is 13.0 Å². The van der Waals surface area contributed by atoms with Crippen molar-refractivity contribution in [2.24, 2.45) is 4.99 Å². The summed E-state index contributed by atoms with van der Waals surface area (Å²) < 4.78 is 4.96. The van der Waals surface area contributed by atoms with Crippen molar-refractivity contribution in [1.82, 2.24) is 4.90 Å². The number of hydrogen-bond donors (Lipinski definition) is 0. The molecule has 2 aliphatic heterocycles. The summed E-state index contributed by atoms with van der Waals surface area (Å²) in [5.41, 5.74) is 2.35. The number of halogens is 1. The molecule has 1 aromatic rings. The van der Waals surface area contributed by atoms with E-state index in [1.54, 1.807) is 11.8 Å². The van der Waals surface area contributed by atoms with E-state index in [4.69, 9.17) is 16.3 Å². The van der Waals surface area contributed by atoms with E-state index in [0.29, 0.717) is 10.6 Å². The maximum Gasteiger partial charge on any atom is 0.338 e. The van der Waals surface area contributed by atoms with Gasteiger partial charge in [0.2, 0.25) is 0 Å². The van der Waals surface area contributed by atoms with Crippen molar-refractivity contribution < 1.29 is 9.53 Å². The van der Waals surface area contributed by atoms with Gasteiger partial charge in [-0.2, -0.15) is 0 Å². The lowest BCUT2D eigenvalue weighted by atomic mass is 9.95. The van der Waals surface area contributed by atoms with Crippen LogP contribution in [-0.2, 0) is 9.53 Å². The van der Waals surface area contributed by atoms with Gasteiger partial charge in [0.1, 0.15) is 0 Å². The third-order valence-corrected chi connectivity index (χ3v) is 4.86. The largest absolute Gasteiger partial charge is 0.466 e. The summed E-state index contributed by atoms with van der Waals surface area (Å²) in [7, 11) is 1.40. The summed E-state index contributed by atoms with van der Waals surface area (Å²) in [6.07, 6.45) is 0. The lowest BCUT2D eigenvalue weighted by molar-refractivity contribution is -0.136. The van der Waals surface area contributed by atoms with Gasteiger partial charge in [-0.15, -0.1) is 0 Å². The zero-order valence-corrected chi connectivity index (χ0v) is 13.4. The van der Waals surface area contributed by atoms with Crippen LogP contribution in [0.25, 0.3) is 0 Å². The van der Waals surface area contributed by atoms with E-state index >= 15 is 0 Å². The lowest BCUT2D eigenvalue weighted by Gasteiger charge is -2.34. The number of thioether (sulfide) groups is 1. The number of amidine groups is 1. The number of aliphatic imine (C=N–C) groups is 1. The van der Waals surface area contributed by atoms with Gasteiger partial charge in [-0.1, -0.05) is 35.5 Å². The Morgan fingerprint density at radius 2 is 2.14 bits per heavy atom. The van der Waals surface area contributed by atoms with E-state index in [1.807, 2.05) is 31.2 Å². The molecule has 1 saturated heterocycles. The summed E-state index contributed by atoms with van der Waals surface area (Å²) in [4.78, 5) is 18.9. The third-order valence-electron chi connectivity index (χ3n) is 3.64. The van der Waals surface area contributed by atoms with Gasteiger partial charge >= 0.3 is 5.97 Å². The standard InChI is InChI=1S/C15H15ClN2O2S/c1-9-12(14(19)20-2)13(10-3-5-11(16)6-4-10)18-7-8-21-15(18)17-9/h3-6,13H,7-8H2,1-2H3/t13-/m0/s1. The Labute approximate surface area is 132 Å². The van der Waals surface area contributed by atoms with Gasteiger partial charge in [-0.3, -0.25) is 0 Å². The second-order valence-corrected chi connectivity index (χ2v) is 6.38. The normalized spacial score (nSPS) is 21.2. The Morgan fingerprint density at radius 1 is 1.43 bits per heavy atom. The van der Waals surface area contributed by atoms with Crippen LogP contribution in [0, 0.1) is 0 Å². The topological polar surface area (TPSA) is 41.9 Å². The van der Waals surface area contributed by atoms with Crippen LogP contribution in [0.2, 0.25) is 5.02 Å². The number of nitrogens with zero attached hydrogens (tertiary/aromatic N) is 2. The smallest absolute Gasteiger partial charge is 0.338 e. The second-order valence-electron chi connectivity index (χ2n) is 4.88. The van der Waals surface area contributed by atoms with Crippen LogP contribution in [-0.4, -0.2) is 35.4 Å².